The van der Waals surface area contributed by atoms with Crippen LogP contribution in [0.1, 0.15) is 31.4 Å². The van der Waals surface area contributed by atoms with Crippen molar-refractivity contribution >= 4 is 20.6 Å². The summed E-state index contributed by atoms with van der Waals surface area (Å²) in [5.74, 6) is 0.916. The number of benzene rings is 2. The van der Waals surface area contributed by atoms with Gasteiger partial charge in [0.1, 0.15) is 11.9 Å². The molecule has 4 rings (SSSR count). The largest absolute Gasteiger partial charge is 0.489 e. The first-order valence-corrected chi connectivity index (χ1v) is 11.8. The van der Waals surface area contributed by atoms with Crippen LogP contribution in [0.5, 0.6) is 5.75 Å². The van der Waals surface area contributed by atoms with Gasteiger partial charge >= 0.3 is 0 Å². The Hall–Kier alpha value is -2.60. The number of hydrogen-bond acceptors (Lipinski definition) is 4. The lowest BCUT2D eigenvalue weighted by molar-refractivity contribution is 0.229. The standard InChI is InChI=1S/C23H25NO4S/c1-4-17-12-16-10-15(14-29(26,27)5-2)11-20(22(16)28-17)21-13-24(3)23(25)19-9-7-6-8-18(19)21/h6-11,13,17H,4-5,12,14H2,1-3H3. The van der Waals surface area contributed by atoms with E-state index in [0.29, 0.717) is 5.39 Å². The second-order valence-corrected chi connectivity index (χ2v) is 10.0. The fourth-order valence-electron chi connectivity index (χ4n) is 4.00. The molecule has 5 nitrogen and oxygen atoms in total. The molecule has 0 saturated carbocycles. The van der Waals surface area contributed by atoms with Gasteiger partial charge in [0.2, 0.25) is 0 Å². The lowest BCUT2D eigenvalue weighted by Gasteiger charge is -2.16. The zero-order valence-corrected chi connectivity index (χ0v) is 17.8. The molecule has 1 aliphatic rings. The number of fused-ring (bicyclic) bond motifs is 2. The number of sulfone groups is 1. The lowest BCUT2D eigenvalue weighted by Crippen LogP contribution is -2.16. The first-order valence-electron chi connectivity index (χ1n) is 9.94. The van der Waals surface area contributed by atoms with Gasteiger partial charge in [-0.05, 0) is 35.1 Å². The van der Waals surface area contributed by atoms with Gasteiger partial charge in [0, 0.05) is 41.9 Å². The SMILES string of the molecule is CCC1Cc2cc(CS(=O)(=O)CC)cc(-c3cn(C)c(=O)c4ccccc34)c2O1. The van der Waals surface area contributed by atoms with E-state index in [4.69, 9.17) is 4.74 Å². The summed E-state index contributed by atoms with van der Waals surface area (Å²) >= 11 is 0. The summed E-state index contributed by atoms with van der Waals surface area (Å²) in [5.41, 5.74) is 3.48. The summed E-state index contributed by atoms with van der Waals surface area (Å²) in [7, 11) is -1.43. The maximum absolute atomic E-state index is 12.6. The quantitative estimate of drug-likeness (QED) is 0.640. The third-order valence-electron chi connectivity index (χ3n) is 5.62. The van der Waals surface area contributed by atoms with Crippen molar-refractivity contribution in [3.63, 3.8) is 0 Å². The van der Waals surface area contributed by atoms with E-state index < -0.39 is 9.84 Å². The molecule has 1 aromatic heterocycles. The molecule has 0 radical (unpaired) electrons. The van der Waals surface area contributed by atoms with Gasteiger partial charge in [-0.25, -0.2) is 8.42 Å². The molecule has 3 aromatic rings. The number of ether oxygens (including phenoxy) is 1. The van der Waals surface area contributed by atoms with Gasteiger partial charge in [0.05, 0.1) is 5.75 Å². The molecule has 1 aliphatic heterocycles. The van der Waals surface area contributed by atoms with Crippen LogP contribution in [-0.2, 0) is 29.1 Å². The molecule has 0 bridgehead atoms. The molecule has 2 heterocycles. The Morgan fingerprint density at radius 3 is 2.52 bits per heavy atom. The number of hydrogen-bond donors (Lipinski definition) is 0. The van der Waals surface area contributed by atoms with Gasteiger partial charge in [-0.1, -0.05) is 38.1 Å². The van der Waals surface area contributed by atoms with E-state index in [-0.39, 0.29) is 23.2 Å². The third-order valence-corrected chi connectivity index (χ3v) is 7.27. The molecule has 0 aliphatic carbocycles. The number of pyridine rings is 1. The fourth-order valence-corrected chi connectivity index (χ4v) is 4.88. The van der Waals surface area contributed by atoms with E-state index in [9.17, 15) is 13.2 Å². The molecule has 0 spiro atoms. The first kappa shape index (κ1) is 19.7. The van der Waals surface area contributed by atoms with Gasteiger partial charge < -0.3 is 9.30 Å². The van der Waals surface area contributed by atoms with E-state index in [0.717, 1.165) is 46.2 Å². The van der Waals surface area contributed by atoms with Crippen molar-refractivity contribution in [1.29, 1.82) is 0 Å². The Bertz CT molecular complexity index is 1260. The second kappa shape index (κ2) is 7.34. The highest BCUT2D eigenvalue weighted by Gasteiger charge is 2.27. The second-order valence-electron chi connectivity index (χ2n) is 7.66. The Morgan fingerprint density at radius 1 is 1.10 bits per heavy atom. The molecule has 0 fully saturated rings. The zero-order chi connectivity index (χ0) is 20.8. The van der Waals surface area contributed by atoms with Crippen molar-refractivity contribution in [2.45, 2.75) is 38.5 Å². The molecular formula is C23H25NO4S. The van der Waals surface area contributed by atoms with Gasteiger partial charge in [-0.15, -0.1) is 0 Å². The number of aromatic nitrogens is 1. The maximum atomic E-state index is 12.6. The molecular weight excluding hydrogens is 386 g/mol. The molecule has 1 atom stereocenters. The summed E-state index contributed by atoms with van der Waals surface area (Å²) in [5, 5.41) is 1.48. The minimum Gasteiger partial charge on any atom is -0.489 e. The summed E-state index contributed by atoms with van der Waals surface area (Å²) in [4.78, 5) is 12.6. The molecule has 1 unspecified atom stereocenters. The lowest BCUT2D eigenvalue weighted by atomic mass is 9.95. The van der Waals surface area contributed by atoms with Crippen molar-refractivity contribution in [3.8, 4) is 16.9 Å². The Morgan fingerprint density at radius 2 is 1.83 bits per heavy atom. The van der Waals surface area contributed by atoms with Gasteiger partial charge in [0.15, 0.2) is 9.84 Å². The first-order chi connectivity index (χ1) is 13.8. The van der Waals surface area contributed by atoms with Crippen LogP contribution in [0.15, 0.2) is 47.4 Å². The summed E-state index contributed by atoms with van der Waals surface area (Å²) < 4.78 is 32.4. The minimum absolute atomic E-state index is 0.00423. The Labute approximate surface area is 170 Å². The van der Waals surface area contributed by atoms with E-state index in [1.165, 1.54) is 0 Å². The van der Waals surface area contributed by atoms with Gasteiger partial charge in [-0.3, -0.25) is 4.79 Å². The minimum atomic E-state index is -3.16. The van der Waals surface area contributed by atoms with Crippen LogP contribution in [0, 0.1) is 0 Å². The van der Waals surface area contributed by atoms with E-state index in [2.05, 4.69) is 6.92 Å². The summed E-state index contributed by atoms with van der Waals surface area (Å²) in [6.07, 6.45) is 3.55. The fraction of sp³-hybridized carbons (Fsp3) is 0.348. The van der Waals surface area contributed by atoms with Crippen LogP contribution in [0.3, 0.4) is 0 Å². The van der Waals surface area contributed by atoms with Gasteiger partial charge in [-0.2, -0.15) is 0 Å². The van der Waals surface area contributed by atoms with Crippen LogP contribution in [0.4, 0.5) is 0 Å². The van der Waals surface area contributed by atoms with Crippen LogP contribution >= 0.6 is 0 Å². The summed E-state index contributed by atoms with van der Waals surface area (Å²) in [6, 6.07) is 11.4. The van der Waals surface area contributed by atoms with E-state index >= 15 is 0 Å². The molecule has 0 N–H and O–H groups in total. The molecule has 0 amide bonds. The van der Waals surface area contributed by atoms with Crippen LogP contribution < -0.4 is 10.3 Å². The average molecular weight is 412 g/mol. The topological polar surface area (TPSA) is 65.4 Å². The van der Waals surface area contributed by atoms with E-state index in [1.807, 2.05) is 42.6 Å². The zero-order valence-electron chi connectivity index (χ0n) is 16.9. The normalized spacial score (nSPS) is 16.0. The third kappa shape index (κ3) is 3.57. The van der Waals surface area contributed by atoms with Crippen LogP contribution in [0.25, 0.3) is 21.9 Å². The van der Waals surface area contributed by atoms with Crippen LogP contribution in [-0.4, -0.2) is 24.8 Å². The Kier molecular flexibility index (Phi) is 4.99. The predicted molar refractivity (Wildman–Crippen MR) is 116 cm³/mol. The molecule has 6 heteroatoms. The van der Waals surface area contributed by atoms with Crippen molar-refractivity contribution in [2.24, 2.45) is 7.05 Å². The van der Waals surface area contributed by atoms with Crippen molar-refractivity contribution < 1.29 is 13.2 Å². The highest BCUT2D eigenvalue weighted by molar-refractivity contribution is 7.90. The highest BCUT2D eigenvalue weighted by Crippen LogP contribution is 2.42. The van der Waals surface area contributed by atoms with E-state index in [1.54, 1.807) is 18.5 Å². The maximum Gasteiger partial charge on any atom is 0.258 e. The number of aryl methyl sites for hydroxylation is 1. The summed E-state index contributed by atoms with van der Waals surface area (Å²) in [6.45, 7) is 3.75. The molecule has 0 saturated heterocycles. The highest BCUT2D eigenvalue weighted by atomic mass is 32.2. The van der Waals surface area contributed by atoms with Crippen molar-refractivity contribution in [2.75, 3.05) is 5.75 Å². The molecule has 29 heavy (non-hydrogen) atoms. The van der Waals surface area contributed by atoms with Crippen LogP contribution in [0.2, 0.25) is 0 Å². The Balaban J connectivity index is 1.99. The monoisotopic (exact) mass is 411 g/mol. The molecule has 152 valence electrons. The molecule has 2 aromatic carbocycles. The van der Waals surface area contributed by atoms with Crippen molar-refractivity contribution in [1.82, 2.24) is 4.57 Å². The predicted octanol–water partition coefficient (Wildman–Crippen LogP) is 3.85. The van der Waals surface area contributed by atoms with Crippen molar-refractivity contribution in [3.05, 3.63) is 64.1 Å². The van der Waals surface area contributed by atoms with Gasteiger partial charge in [0.25, 0.3) is 5.56 Å². The number of nitrogens with zero attached hydrogens (tertiary/aromatic N) is 1. The average Bonchev–Trinajstić information content (AvgIpc) is 3.13. The smallest absolute Gasteiger partial charge is 0.258 e. The number of rotatable bonds is 5.